The third-order valence-corrected chi connectivity index (χ3v) is 9.92. The first-order valence-corrected chi connectivity index (χ1v) is 15.6. The van der Waals surface area contributed by atoms with Crippen LogP contribution in [0.2, 0.25) is 0 Å². The molecule has 8 rings (SSSR count). The van der Waals surface area contributed by atoms with Crippen LogP contribution in [0, 0.1) is 0 Å². The van der Waals surface area contributed by atoms with Crippen LogP contribution in [0.5, 0.6) is 11.5 Å². The molecule has 0 N–H and O–H groups in total. The highest BCUT2D eigenvalue weighted by Crippen LogP contribution is 2.50. The highest BCUT2D eigenvalue weighted by molar-refractivity contribution is 7.45. The maximum absolute atomic E-state index is 6.72. The number of hydrogen-bond acceptors (Lipinski definition) is 3. The van der Waals surface area contributed by atoms with Gasteiger partial charge in [-0.15, -0.1) is 0 Å². The molecule has 1 saturated heterocycles. The van der Waals surface area contributed by atoms with E-state index in [4.69, 9.17) is 9.05 Å². The van der Waals surface area contributed by atoms with Crippen LogP contribution in [0.3, 0.4) is 0 Å². The van der Waals surface area contributed by atoms with Gasteiger partial charge in [-0.2, -0.15) is 0 Å². The molecule has 41 heavy (non-hydrogen) atoms. The normalized spacial score (nSPS) is 15.5. The molecule has 0 saturated carbocycles. The molecule has 0 unspecified atom stereocenters. The number of benzene rings is 6. The Morgan fingerprint density at radius 3 is 1.54 bits per heavy atom. The van der Waals surface area contributed by atoms with E-state index >= 15 is 0 Å². The lowest BCUT2D eigenvalue weighted by molar-refractivity contribution is 0.307. The molecule has 4 bridgehead atoms. The SMILES string of the molecule is c1cc2cc(c1)-c1ccc3ccccc3c1-c1c(ccc3ccccc13)-c1cccc(c1)OP(N1CCCCC1)O2. The fourth-order valence-electron chi connectivity index (χ4n) is 6.36. The molecule has 6 aromatic carbocycles. The third-order valence-electron chi connectivity index (χ3n) is 8.33. The lowest BCUT2D eigenvalue weighted by Gasteiger charge is -2.32. The van der Waals surface area contributed by atoms with E-state index < -0.39 is 8.53 Å². The minimum atomic E-state index is -1.30. The van der Waals surface area contributed by atoms with Crippen molar-refractivity contribution in [3.8, 4) is 44.9 Å². The summed E-state index contributed by atoms with van der Waals surface area (Å²) in [6, 6.07) is 43.6. The molecular formula is C37H30NO2P. The lowest BCUT2D eigenvalue weighted by Crippen LogP contribution is -2.28. The average Bonchev–Trinajstić information content (AvgIpc) is 3.04. The smallest absolute Gasteiger partial charge is 0.384 e. The van der Waals surface area contributed by atoms with E-state index in [9.17, 15) is 0 Å². The third kappa shape index (κ3) is 4.47. The van der Waals surface area contributed by atoms with Gasteiger partial charge in [-0.3, -0.25) is 0 Å². The van der Waals surface area contributed by atoms with Gasteiger partial charge in [0.25, 0.3) is 0 Å². The van der Waals surface area contributed by atoms with Crippen molar-refractivity contribution in [3.63, 3.8) is 0 Å². The zero-order valence-corrected chi connectivity index (χ0v) is 23.7. The summed E-state index contributed by atoms with van der Waals surface area (Å²) in [5.74, 6) is 1.68. The Kier molecular flexibility index (Phi) is 6.21. The average molecular weight is 552 g/mol. The fraction of sp³-hybridized carbons (Fsp3) is 0.135. The number of hydrogen-bond donors (Lipinski definition) is 0. The summed E-state index contributed by atoms with van der Waals surface area (Å²) in [7, 11) is -1.30. The fourth-order valence-corrected chi connectivity index (χ4v) is 7.82. The molecule has 0 aliphatic carbocycles. The van der Waals surface area contributed by atoms with E-state index in [1.54, 1.807) is 0 Å². The van der Waals surface area contributed by atoms with Crippen LogP contribution in [0.15, 0.2) is 121 Å². The van der Waals surface area contributed by atoms with Crippen LogP contribution in [0.1, 0.15) is 19.3 Å². The van der Waals surface area contributed by atoms with Gasteiger partial charge < -0.3 is 9.05 Å². The maximum Gasteiger partial charge on any atom is 0.384 e. The molecule has 0 amide bonds. The van der Waals surface area contributed by atoms with Gasteiger partial charge in [0.15, 0.2) is 0 Å². The van der Waals surface area contributed by atoms with Crippen LogP contribution in [-0.2, 0) is 0 Å². The first-order valence-electron chi connectivity index (χ1n) is 14.5. The molecule has 4 heteroatoms. The Morgan fingerprint density at radius 1 is 0.488 bits per heavy atom. The Bertz CT molecular complexity index is 1780. The number of rotatable bonds is 1. The van der Waals surface area contributed by atoms with Crippen molar-refractivity contribution in [2.45, 2.75) is 19.3 Å². The second-order valence-electron chi connectivity index (χ2n) is 10.9. The molecule has 1 fully saturated rings. The molecule has 0 atom stereocenters. The van der Waals surface area contributed by atoms with E-state index in [1.807, 2.05) is 0 Å². The quantitative estimate of drug-likeness (QED) is 0.190. The summed E-state index contributed by atoms with van der Waals surface area (Å²) in [5.41, 5.74) is 7.17. The number of fused-ring (bicyclic) bond motifs is 13. The summed E-state index contributed by atoms with van der Waals surface area (Å²) in [6.07, 6.45) is 3.61. The van der Waals surface area contributed by atoms with Crippen LogP contribution in [0.25, 0.3) is 54.9 Å². The summed E-state index contributed by atoms with van der Waals surface area (Å²) >= 11 is 0. The van der Waals surface area contributed by atoms with Crippen molar-refractivity contribution in [1.82, 2.24) is 4.67 Å². The van der Waals surface area contributed by atoms with Crippen molar-refractivity contribution in [3.05, 3.63) is 121 Å². The monoisotopic (exact) mass is 551 g/mol. The van der Waals surface area contributed by atoms with Gasteiger partial charge in [0.2, 0.25) is 0 Å². The van der Waals surface area contributed by atoms with Crippen LogP contribution < -0.4 is 9.05 Å². The summed E-state index contributed by atoms with van der Waals surface area (Å²) in [4.78, 5) is 0. The molecule has 200 valence electrons. The van der Waals surface area contributed by atoms with Gasteiger partial charge in [-0.05, 0) is 92.0 Å². The van der Waals surface area contributed by atoms with Crippen molar-refractivity contribution in [2.24, 2.45) is 0 Å². The lowest BCUT2D eigenvalue weighted by atomic mass is 9.83. The van der Waals surface area contributed by atoms with Crippen LogP contribution in [0.4, 0.5) is 0 Å². The van der Waals surface area contributed by atoms with E-state index in [0.717, 1.165) is 35.7 Å². The predicted molar refractivity (Wildman–Crippen MR) is 171 cm³/mol. The zero-order chi connectivity index (χ0) is 27.2. The summed E-state index contributed by atoms with van der Waals surface area (Å²) in [5, 5.41) is 4.94. The largest absolute Gasteiger partial charge is 0.427 e. The number of nitrogens with zero attached hydrogens (tertiary/aromatic N) is 1. The first-order chi connectivity index (χ1) is 20.3. The van der Waals surface area contributed by atoms with Gasteiger partial charge in [0.1, 0.15) is 11.5 Å². The summed E-state index contributed by atoms with van der Waals surface area (Å²) < 4.78 is 15.8. The zero-order valence-electron chi connectivity index (χ0n) is 22.8. The minimum Gasteiger partial charge on any atom is -0.427 e. The topological polar surface area (TPSA) is 21.7 Å². The van der Waals surface area contributed by atoms with E-state index in [0.29, 0.717) is 0 Å². The van der Waals surface area contributed by atoms with Crippen molar-refractivity contribution in [1.29, 1.82) is 0 Å². The molecule has 0 spiro atoms. The first kappa shape index (κ1) is 24.6. The summed E-state index contributed by atoms with van der Waals surface area (Å²) in [6.45, 7) is 1.99. The Hall–Kier alpha value is -4.17. The van der Waals surface area contributed by atoms with Gasteiger partial charge in [-0.1, -0.05) is 103 Å². The standard InChI is InChI=1S/C37H30NO2P/c1-6-22-38(23-7-1)41-39-30-14-8-12-28(24-30)34-20-18-26-10-2-4-16-32(26)36(34)37-33-17-5-3-11-27(33)19-21-35(37)29-13-9-15-31(25-29)40-41/h2-5,8-21,24-25H,1,6-7,22-23H2. The van der Waals surface area contributed by atoms with Gasteiger partial charge >= 0.3 is 8.53 Å². The Balaban J connectivity index is 1.47. The highest BCUT2D eigenvalue weighted by Gasteiger charge is 2.28. The molecule has 2 aliphatic rings. The van der Waals surface area contributed by atoms with Gasteiger partial charge in [0.05, 0.1) is 0 Å². The van der Waals surface area contributed by atoms with Gasteiger partial charge in [-0.25, -0.2) is 4.67 Å². The second kappa shape index (κ2) is 10.3. The molecule has 0 aromatic heterocycles. The van der Waals surface area contributed by atoms with Crippen molar-refractivity contribution in [2.75, 3.05) is 13.1 Å². The molecule has 3 nitrogen and oxygen atoms in total. The second-order valence-corrected chi connectivity index (χ2v) is 12.3. The van der Waals surface area contributed by atoms with Crippen molar-refractivity contribution < 1.29 is 9.05 Å². The Morgan fingerprint density at radius 2 is 1.00 bits per heavy atom. The molecular weight excluding hydrogens is 521 g/mol. The molecule has 2 aliphatic heterocycles. The molecule has 2 heterocycles. The minimum absolute atomic E-state index is 0.840. The number of piperidine rings is 1. The molecule has 0 radical (unpaired) electrons. The Labute approximate surface area is 241 Å². The maximum atomic E-state index is 6.72. The van der Waals surface area contributed by atoms with Crippen LogP contribution >= 0.6 is 8.53 Å². The van der Waals surface area contributed by atoms with E-state index in [1.165, 1.54) is 63.1 Å². The highest BCUT2D eigenvalue weighted by atomic mass is 31.2. The van der Waals surface area contributed by atoms with Gasteiger partial charge in [0, 0.05) is 13.1 Å². The van der Waals surface area contributed by atoms with Crippen LogP contribution in [-0.4, -0.2) is 17.8 Å². The van der Waals surface area contributed by atoms with E-state index in [2.05, 4.69) is 126 Å². The van der Waals surface area contributed by atoms with Crippen molar-refractivity contribution >= 4 is 30.1 Å². The van der Waals surface area contributed by atoms with E-state index in [-0.39, 0.29) is 0 Å². The molecule has 6 aromatic rings. The predicted octanol–water partition coefficient (Wildman–Crippen LogP) is 10.5.